The van der Waals surface area contributed by atoms with Gasteiger partial charge in [-0.15, -0.1) is 0 Å². The Morgan fingerprint density at radius 2 is 2.07 bits per heavy atom. The molecule has 3 aromatic rings. The van der Waals surface area contributed by atoms with Crippen LogP contribution in [0, 0.1) is 5.82 Å². The van der Waals surface area contributed by atoms with Gasteiger partial charge in [0.2, 0.25) is 0 Å². The van der Waals surface area contributed by atoms with Crippen LogP contribution in [0.15, 0.2) is 35.4 Å². The zero-order chi connectivity index (χ0) is 18.5. The molecule has 3 atom stereocenters. The van der Waals surface area contributed by atoms with Crippen molar-refractivity contribution in [2.24, 2.45) is 7.05 Å². The highest BCUT2D eigenvalue weighted by molar-refractivity contribution is 5.43. The molecular formula is C19H19FN6O. The minimum atomic E-state index is -0.271. The number of hydrogen-bond acceptors (Lipinski definition) is 5. The first-order valence-corrected chi connectivity index (χ1v) is 9.10. The van der Waals surface area contributed by atoms with E-state index in [4.69, 9.17) is 0 Å². The first-order chi connectivity index (χ1) is 13.1. The summed E-state index contributed by atoms with van der Waals surface area (Å²) in [6, 6.07) is 6.42. The van der Waals surface area contributed by atoms with Crippen molar-refractivity contribution in [3.63, 3.8) is 0 Å². The van der Waals surface area contributed by atoms with Gasteiger partial charge in [0.05, 0.1) is 11.6 Å². The van der Waals surface area contributed by atoms with Crippen LogP contribution in [0.1, 0.15) is 59.1 Å². The number of rotatable bonds is 2. The molecule has 1 aliphatic heterocycles. The lowest BCUT2D eigenvalue weighted by atomic mass is 9.76. The first kappa shape index (κ1) is 16.3. The van der Waals surface area contributed by atoms with Crippen molar-refractivity contribution in [2.45, 2.75) is 37.3 Å². The summed E-state index contributed by atoms with van der Waals surface area (Å²) < 4.78 is 15.2. The van der Waals surface area contributed by atoms with E-state index in [0.29, 0.717) is 0 Å². The van der Waals surface area contributed by atoms with E-state index in [-0.39, 0.29) is 29.4 Å². The molecule has 0 saturated heterocycles. The number of aromatic amines is 1. The van der Waals surface area contributed by atoms with Crippen molar-refractivity contribution >= 4 is 0 Å². The number of aryl methyl sites for hydroxylation is 1. The number of halogens is 1. The molecular weight excluding hydrogens is 347 g/mol. The molecule has 1 unspecified atom stereocenters. The molecule has 2 aromatic heterocycles. The number of aromatic nitrogens is 5. The predicted molar refractivity (Wildman–Crippen MR) is 95.7 cm³/mol. The van der Waals surface area contributed by atoms with E-state index in [2.05, 4.69) is 25.6 Å². The Labute approximate surface area is 154 Å². The number of nitrogens with one attached hydrogen (secondary N) is 2. The molecule has 2 N–H and O–H groups in total. The van der Waals surface area contributed by atoms with Crippen molar-refractivity contribution in [3.8, 4) is 0 Å². The SMILES string of the molecule is Cn1ncnc1[C@@H]1c2n[nH]c(=O)c3c2C(CCC3)N[C@H]1c1ccc(F)cc1. The summed E-state index contributed by atoms with van der Waals surface area (Å²) in [5.41, 5.74) is 3.48. The smallest absolute Gasteiger partial charge is 0.267 e. The second-order valence-electron chi connectivity index (χ2n) is 7.19. The van der Waals surface area contributed by atoms with Crippen LogP contribution < -0.4 is 10.9 Å². The minimum absolute atomic E-state index is 0.0538. The maximum absolute atomic E-state index is 13.5. The number of nitrogens with zero attached hydrogens (tertiary/aromatic N) is 4. The van der Waals surface area contributed by atoms with Gasteiger partial charge in [-0.05, 0) is 37.0 Å². The molecule has 1 aromatic carbocycles. The molecule has 0 spiro atoms. The minimum Gasteiger partial charge on any atom is -0.302 e. The van der Waals surface area contributed by atoms with Crippen LogP contribution in [0.25, 0.3) is 0 Å². The Morgan fingerprint density at radius 1 is 1.26 bits per heavy atom. The van der Waals surface area contributed by atoms with E-state index in [9.17, 15) is 9.18 Å². The summed E-state index contributed by atoms with van der Waals surface area (Å²) in [5.74, 6) is 0.248. The fourth-order valence-electron chi connectivity index (χ4n) is 4.47. The molecule has 3 heterocycles. The van der Waals surface area contributed by atoms with Gasteiger partial charge in [0, 0.05) is 30.3 Å². The van der Waals surface area contributed by atoms with E-state index in [1.807, 2.05) is 7.05 Å². The second-order valence-corrected chi connectivity index (χ2v) is 7.19. The maximum Gasteiger partial charge on any atom is 0.267 e. The average Bonchev–Trinajstić information content (AvgIpc) is 3.10. The van der Waals surface area contributed by atoms with Crippen molar-refractivity contribution in [1.29, 1.82) is 0 Å². The van der Waals surface area contributed by atoms with Crippen LogP contribution in [0.5, 0.6) is 0 Å². The third-order valence-corrected chi connectivity index (χ3v) is 5.68. The second kappa shape index (κ2) is 6.09. The summed E-state index contributed by atoms with van der Waals surface area (Å²) >= 11 is 0. The molecule has 0 bridgehead atoms. The summed E-state index contributed by atoms with van der Waals surface area (Å²) in [4.78, 5) is 16.8. The summed E-state index contributed by atoms with van der Waals surface area (Å²) in [6.07, 6.45) is 4.16. The van der Waals surface area contributed by atoms with E-state index < -0.39 is 0 Å². The standard InChI is InChI=1S/C19H19FN6O/c1-26-18(21-9-22-26)15-16(10-5-7-11(20)8-6-10)23-13-4-2-3-12-14(13)17(15)24-25-19(12)27/h5-9,13,15-16,23H,2-4H2,1H3,(H,25,27)/t13?,15-,16-/m0/s1. The Bertz CT molecular complexity index is 1060. The number of benzene rings is 1. The van der Waals surface area contributed by atoms with Crippen molar-refractivity contribution in [3.05, 3.63) is 75.0 Å². The highest BCUT2D eigenvalue weighted by Gasteiger charge is 2.42. The van der Waals surface area contributed by atoms with Crippen LogP contribution in [0.4, 0.5) is 4.39 Å². The molecule has 7 nitrogen and oxygen atoms in total. The summed E-state index contributed by atoms with van der Waals surface area (Å²) in [5, 5.41) is 15.0. The van der Waals surface area contributed by atoms with Crippen molar-refractivity contribution in [1.82, 2.24) is 30.3 Å². The average molecular weight is 366 g/mol. The quantitative estimate of drug-likeness (QED) is 0.723. The molecule has 0 radical (unpaired) electrons. The van der Waals surface area contributed by atoms with Gasteiger partial charge in [-0.25, -0.2) is 14.5 Å². The van der Waals surface area contributed by atoms with Gasteiger partial charge in [-0.3, -0.25) is 9.48 Å². The molecule has 0 fully saturated rings. The van der Waals surface area contributed by atoms with Crippen molar-refractivity contribution in [2.75, 3.05) is 0 Å². The normalized spacial score (nSPS) is 23.9. The van der Waals surface area contributed by atoms with E-state index in [1.54, 1.807) is 16.8 Å². The predicted octanol–water partition coefficient (Wildman–Crippen LogP) is 1.89. The topological polar surface area (TPSA) is 88.5 Å². The number of hydrogen-bond donors (Lipinski definition) is 2. The molecule has 0 saturated carbocycles. The molecule has 1 aliphatic carbocycles. The molecule has 138 valence electrons. The van der Waals surface area contributed by atoms with Gasteiger partial charge in [-0.1, -0.05) is 12.1 Å². The van der Waals surface area contributed by atoms with Gasteiger partial charge >= 0.3 is 0 Å². The largest absolute Gasteiger partial charge is 0.302 e. The van der Waals surface area contributed by atoms with Gasteiger partial charge in [0.1, 0.15) is 18.0 Å². The van der Waals surface area contributed by atoms with E-state index in [0.717, 1.165) is 47.5 Å². The highest BCUT2D eigenvalue weighted by atomic mass is 19.1. The number of H-pyrrole nitrogens is 1. The molecule has 8 heteroatoms. The molecule has 27 heavy (non-hydrogen) atoms. The van der Waals surface area contributed by atoms with Crippen LogP contribution in [0.2, 0.25) is 0 Å². The van der Waals surface area contributed by atoms with Crippen LogP contribution in [-0.2, 0) is 13.5 Å². The lowest BCUT2D eigenvalue weighted by Gasteiger charge is -2.40. The lowest BCUT2D eigenvalue weighted by Crippen LogP contribution is -2.42. The monoisotopic (exact) mass is 366 g/mol. The lowest BCUT2D eigenvalue weighted by molar-refractivity contribution is 0.326. The van der Waals surface area contributed by atoms with Crippen molar-refractivity contribution < 1.29 is 4.39 Å². The van der Waals surface area contributed by atoms with Gasteiger partial charge in [0.15, 0.2) is 0 Å². The van der Waals surface area contributed by atoms with Gasteiger partial charge < -0.3 is 5.32 Å². The Hall–Kier alpha value is -2.87. The van der Waals surface area contributed by atoms with E-state index in [1.165, 1.54) is 18.5 Å². The summed E-state index contributed by atoms with van der Waals surface area (Å²) in [6.45, 7) is 0. The molecule has 5 rings (SSSR count). The van der Waals surface area contributed by atoms with Gasteiger partial charge in [-0.2, -0.15) is 10.2 Å². The van der Waals surface area contributed by atoms with Gasteiger partial charge in [0.25, 0.3) is 5.56 Å². The van der Waals surface area contributed by atoms with E-state index >= 15 is 0 Å². The third kappa shape index (κ3) is 2.51. The van der Waals surface area contributed by atoms with Crippen LogP contribution in [-0.4, -0.2) is 25.0 Å². The summed E-state index contributed by atoms with van der Waals surface area (Å²) in [7, 11) is 1.84. The highest BCUT2D eigenvalue weighted by Crippen LogP contribution is 2.46. The Kier molecular flexibility index (Phi) is 3.68. The molecule has 2 aliphatic rings. The fraction of sp³-hybridized carbons (Fsp3) is 0.368. The Balaban J connectivity index is 1.74. The molecule has 0 amide bonds. The first-order valence-electron chi connectivity index (χ1n) is 9.10. The maximum atomic E-state index is 13.5. The zero-order valence-electron chi connectivity index (χ0n) is 14.8. The zero-order valence-corrected chi connectivity index (χ0v) is 14.8. The third-order valence-electron chi connectivity index (χ3n) is 5.68. The van der Waals surface area contributed by atoms with Crippen LogP contribution >= 0.6 is 0 Å². The fourth-order valence-corrected chi connectivity index (χ4v) is 4.47. The Morgan fingerprint density at radius 3 is 2.81 bits per heavy atom. The van der Waals surface area contributed by atoms with Crippen LogP contribution in [0.3, 0.4) is 0 Å².